The van der Waals surface area contributed by atoms with E-state index in [1.807, 2.05) is 0 Å². The number of aromatic hydroxyl groups is 1. The van der Waals surface area contributed by atoms with Crippen LogP contribution in [-0.4, -0.2) is 80.6 Å². The van der Waals surface area contributed by atoms with Crippen molar-refractivity contribution in [3.63, 3.8) is 0 Å². The molecule has 11 nitrogen and oxygen atoms in total. The molecule has 2 aromatic rings. The van der Waals surface area contributed by atoms with Crippen molar-refractivity contribution in [2.45, 2.75) is 19.8 Å². The zero-order valence-electron chi connectivity index (χ0n) is 20.8. The lowest BCUT2D eigenvalue weighted by Gasteiger charge is -2.23. The molecular formula is C23H32N4O7S2. The highest BCUT2D eigenvalue weighted by molar-refractivity contribution is 7.85. The SMILES string of the molecule is CS(=O)(=O)O.CS(=O)(=O)O.Cc1ccc(NCCCN(C)C)c2c1CC=C1N=c3cc(O)ncc3=C12. The molecule has 0 saturated carbocycles. The van der Waals surface area contributed by atoms with Crippen molar-refractivity contribution < 1.29 is 31.0 Å². The Morgan fingerprint density at radius 2 is 1.69 bits per heavy atom. The molecule has 0 bridgehead atoms. The molecule has 0 unspecified atom stereocenters. The van der Waals surface area contributed by atoms with E-state index < -0.39 is 20.2 Å². The lowest BCUT2D eigenvalue weighted by Crippen LogP contribution is -2.24. The number of nitrogens with zero attached hydrogens (tertiary/aromatic N) is 3. The third kappa shape index (κ3) is 9.32. The van der Waals surface area contributed by atoms with Crippen LogP contribution in [0, 0.1) is 6.92 Å². The Bertz CT molecular complexity index is 1440. The number of aromatic nitrogens is 1. The predicted molar refractivity (Wildman–Crippen MR) is 139 cm³/mol. The van der Waals surface area contributed by atoms with Crippen LogP contribution in [-0.2, 0) is 26.7 Å². The number of allylic oxidation sites excluding steroid dienone is 2. The number of benzene rings is 1. The van der Waals surface area contributed by atoms with Crippen molar-refractivity contribution in [2.75, 3.05) is 45.0 Å². The molecule has 1 aromatic carbocycles. The van der Waals surface area contributed by atoms with Crippen molar-refractivity contribution in [3.05, 3.63) is 63.4 Å². The van der Waals surface area contributed by atoms with E-state index in [4.69, 9.17) is 14.1 Å². The Morgan fingerprint density at radius 1 is 1.08 bits per heavy atom. The number of anilines is 1. The second kappa shape index (κ2) is 11.9. The van der Waals surface area contributed by atoms with Gasteiger partial charge in [-0.05, 0) is 57.6 Å². The van der Waals surface area contributed by atoms with Crippen LogP contribution in [0.15, 0.2) is 41.2 Å². The highest BCUT2D eigenvalue weighted by atomic mass is 32.2. The summed E-state index contributed by atoms with van der Waals surface area (Å²) in [4.78, 5) is 11.0. The molecule has 36 heavy (non-hydrogen) atoms. The molecule has 4 N–H and O–H groups in total. The first kappa shape index (κ1) is 29.4. The summed E-state index contributed by atoms with van der Waals surface area (Å²) in [5.41, 5.74) is 7.15. The Labute approximate surface area is 211 Å². The minimum atomic E-state index is -3.67. The second-order valence-corrected chi connectivity index (χ2v) is 11.6. The summed E-state index contributed by atoms with van der Waals surface area (Å²) in [5, 5.41) is 15.1. The van der Waals surface area contributed by atoms with Crippen molar-refractivity contribution in [1.29, 1.82) is 0 Å². The quantitative estimate of drug-likeness (QED) is 0.313. The van der Waals surface area contributed by atoms with Gasteiger partial charge in [0.25, 0.3) is 20.2 Å². The average molecular weight is 541 g/mol. The number of nitrogens with one attached hydrogen (secondary N) is 1. The van der Waals surface area contributed by atoms with Gasteiger partial charge in [0, 0.05) is 40.9 Å². The summed E-state index contributed by atoms with van der Waals surface area (Å²) >= 11 is 0. The van der Waals surface area contributed by atoms with Crippen molar-refractivity contribution in [2.24, 2.45) is 4.99 Å². The summed E-state index contributed by atoms with van der Waals surface area (Å²) in [6, 6.07) is 6.00. The Kier molecular flexibility index (Phi) is 9.74. The fraction of sp³-hybridized carbons (Fsp3) is 0.391. The van der Waals surface area contributed by atoms with Crippen LogP contribution >= 0.6 is 0 Å². The maximum atomic E-state index is 9.70. The van der Waals surface area contributed by atoms with Gasteiger partial charge in [-0.2, -0.15) is 16.8 Å². The fourth-order valence-electron chi connectivity index (χ4n) is 3.72. The van der Waals surface area contributed by atoms with Gasteiger partial charge in [0.1, 0.15) is 0 Å². The van der Waals surface area contributed by atoms with Gasteiger partial charge >= 0.3 is 0 Å². The minimum Gasteiger partial charge on any atom is -0.493 e. The van der Waals surface area contributed by atoms with Crippen LogP contribution in [0.25, 0.3) is 5.57 Å². The van der Waals surface area contributed by atoms with Crippen LogP contribution in [0.4, 0.5) is 5.69 Å². The zero-order valence-corrected chi connectivity index (χ0v) is 22.5. The van der Waals surface area contributed by atoms with E-state index >= 15 is 0 Å². The molecule has 1 aromatic heterocycles. The number of rotatable bonds is 5. The van der Waals surface area contributed by atoms with E-state index in [0.717, 1.165) is 53.5 Å². The summed E-state index contributed by atoms with van der Waals surface area (Å²) in [5.74, 6) is 0.0128. The molecule has 1 aliphatic heterocycles. The third-order valence-electron chi connectivity index (χ3n) is 5.03. The van der Waals surface area contributed by atoms with Crippen molar-refractivity contribution in [3.8, 4) is 5.88 Å². The molecule has 13 heteroatoms. The molecule has 2 aliphatic rings. The number of pyridine rings is 1. The van der Waals surface area contributed by atoms with E-state index in [2.05, 4.69) is 54.4 Å². The van der Waals surface area contributed by atoms with Crippen LogP contribution in [0.2, 0.25) is 0 Å². The van der Waals surface area contributed by atoms with Gasteiger partial charge in [-0.1, -0.05) is 12.1 Å². The van der Waals surface area contributed by atoms with Gasteiger partial charge < -0.3 is 15.3 Å². The maximum absolute atomic E-state index is 9.70. The molecule has 198 valence electrons. The molecule has 0 saturated heterocycles. The van der Waals surface area contributed by atoms with Crippen LogP contribution < -0.4 is 15.9 Å². The van der Waals surface area contributed by atoms with Gasteiger partial charge in [-0.25, -0.2) is 9.98 Å². The first-order valence-corrected chi connectivity index (χ1v) is 14.6. The minimum absolute atomic E-state index is 0.0128. The predicted octanol–water partition coefficient (Wildman–Crippen LogP) is 0.739. The summed E-state index contributed by atoms with van der Waals surface area (Å²) in [6.07, 6.45) is 7.31. The molecule has 0 amide bonds. The topological polar surface area (TPSA) is 169 Å². The lowest BCUT2D eigenvalue weighted by molar-refractivity contribution is 0.405. The summed E-state index contributed by atoms with van der Waals surface area (Å²) < 4.78 is 51.7. The second-order valence-electron chi connectivity index (χ2n) is 8.67. The number of hydrogen-bond donors (Lipinski definition) is 4. The van der Waals surface area contributed by atoms with E-state index in [-0.39, 0.29) is 5.88 Å². The van der Waals surface area contributed by atoms with E-state index in [1.165, 1.54) is 16.7 Å². The first-order valence-electron chi connectivity index (χ1n) is 10.9. The average Bonchev–Trinajstić information content (AvgIpc) is 3.07. The molecule has 0 fully saturated rings. The molecule has 0 atom stereocenters. The normalized spacial score (nSPS) is 13.7. The third-order valence-corrected chi connectivity index (χ3v) is 5.03. The molecule has 1 aliphatic carbocycles. The Morgan fingerprint density at radius 3 is 2.28 bits per heavy atom. The smallest absolute Gasteiger partial charge is 0.261 e. The summed E-state index contributed by atoms with van der Waals surface area (Å²) in [6.45, 7) is 4.15. The highest BCUT2D eigenvalue weighted by Gasteiger charge is 2.25. The van der Waals surface area contributed by atoms with E-state index in [0.29, 0.717) is 12.5 Å². The van der Waals surface area contributed by atoms with Crippen molar-refractivity contribution >= 4 is 31.5 Å². The number of aryl methyl sites for hydroxylation is 1. The fourth-order valence-corrected chi connectivity index (χ4v) is 3.72. The van der Waals surface area contributed by atoms with E-state index in [9.17, 15) is 21.9 Å². The van der Waals surface area contributed by atoms with Crippen LogP contribution in [0.1, 0.15) is 23.1 Å². The standard InChI is InChI=1S/C21H24N4O.2CH4O3S/c1-13-5-7-16(22-9-4-10-25(2)3)20-14(13)6-8-17-21(20)15-12-23-19(26)11-18(15)24-17;2*1-5(2,3)4/h5,7-8,11-12,22,26H,4,6,9-10H2,1-3H3;2*1H3,(H,2,3,4). The molecule has 4 rings (SSSR count). The Balaban J connectivity index is 0.000000389. The highest BCUT2D eigenvalue weighted by Crippen LogP contribution is 2.38. The molecule has 0 radical (unpaired) electrons. The Hall–Kier alpha value is -2.84. The maximum Gasteiger partial charge on any atom is 0.261 e. The van der Waals surface area contributed by atoms with Gasteiger partial charge in [-0.15, -0.1) is 0 Å². The van der Waals surface area contributed by atoms with E-state index in [1.54, 1.807) is 12.3 Å². The van der Waals surface area contributed by atoms with Crippen molar-refractivity contribution in [1.82, 2.24) is 9.88 Å². The van der Waals surface area contributed by atoms with Gasteiger partial charge in [0.05, 0.1) is 23.6 Å². The monoisotopic (exact) mass is 540 g/mol. The van der Waals surface area contributed by atoms with Gasteiger partial charge in [-0.3, -0.25) is 9.11 Å². The van der Waals surface area contributed by atoms with Gasteiger partial charge in [0.15, 0.2) is 0 Å². The molecular weight excluding hydrogens is 508 g/mol. The first-order chi connectivity index (χ1) is 16.5. The largest absolute Gasteiger partial charge is 0.493 e. The molecule has 0 spiro atoms. The van der Waals surface area contributed by atoms with Crippen LogP contribution in [0.3, 0.4) is 0 Å². The van der Waals surface area contributed by atoms with Crippen LogP contribution in [0.5, 0.6) is 5.88 Å². The summed E-state index contributed by atoms with van der Waals surface area (Å²) in [7, 11) is -3.14. The molecule has 2 heterocycles. The lowest BCUT2D eigenvalue weighted by atomic mass is 9.86. The number of fused-ring (bicyclic) bond motifs is 4. The number of hydrogen-bond acceptors (Lipinski definition) is 9. The zero-order chi connectivity index (χ0) is 27.3. The van der Waals surface area contributed by atoms with Gasteiger partial charge in [0.2, 0.25) is 5.88 Å².